The van der Waals surface area contributed by atoms with E-state index in [1.54, 1.807) is 0 Å². The summed E-state index contributed by atoms with van der Waals surface area (Å²) in [5, 5.41) is 26.6. The minimum Gasteiger partial charge on any atom is -0.489 e. The number of hydrogen-bond donors (Lipinski definition) is 3. The van der Waals surface area contributed by atoms with Crippen LogP contribution >= 0.6 is 11.6 Å². The van der Waals surface area contributed by atoms with E-state index in [0.717, 1.165) is 63.3 Å². The van der Waals surface area contributed by atoms with Gasteiger partial charge in [0.25, 0.3) is 0 Å². The molecule has 45 heavy (non-hydrogen) atoms. The number of aliphatic carboxylic acids is 2. The second-order valence-corrected chi connectivity index (χ2v) is 11.2. The fourth-order valence-corrected chi connectivity index (χ4v) is 5.34. The molecule has 0 unspecified atom stereocenters. The number of benzene rings is 3. The minimum atomic E-state index is -1.82. The lowest BCUT2D eigenvalue weighted by Crippen LogP contribution is -2.18. The third-order valence-corrected chi connectivity index (χ3v) is 7.55. The summed E-state index contributed by atoms with van der Waals surface area (Å²) in [4.78, 5) is 29.8. The summed E-state index contributed by atoms with van der Waals surface area (Å²) in [5.74, 6) is -2.71. The maximum absolute atomic E-state index is 9.10. The Labute approximate surface area is 266 Å². The van der Waals surface area contributed by atoms with Crippen LogP contribution in [-0.4, -0.2) is 50.3 Å². The number of carboxylic acid groups (broad SMARTS) is 2. The minimum absolute atomic E-state index is 0.0309. The Bertz CT molecular complexity index is 1810. The molecule has 0 aliphatic carbocycles. The molecule has 1 aliphatic heterocycles. The highest BCUT2D eigenvalue weighted by molar-refractivity contribution is 6.35. The number of ether oxygens (including phenoxy) is 1. The molecule has 10 heteroatoms. The topological polar surface area (TPSA) is 133 Å². The fraction of sp³-hybridized carbons (Fsp3) is 0.257. The molecule has 0 bridgehead atoms. The van der Waals surface area contributed by atoms with Crippen molar-refractivity contribution in [3.05, 3.63) is 106 Å². The van der Waals surface area contributed by atoms with Crippen molar-refractivity contribution < 1.29 is 29.6 Å². The fourth-order valence-electron chi connectivity index (χ4n) is 5.03. The van der Waals surface area contributed by atoms with E-state index in [0.29, 0.717) is 11.6 Å². The van der Waals surface area contributed by atoms with Gasteiger partial charge >= 0.3 is 11.9 Å². The number of hydrogen-bond acceptors (Lipinski definition) is 7. The van der Waals surface area contributed by atoms with E-state index in [1.165, 1.54) is 23.9 Å². The number of carbonyl (C=O) groups is 2. The lowest BCUT2D eigenvalue weighted by molar-refractivity contribution is -0.159. The van der Waals surface area contributed by atoms with Gasteiger partial charge < -0.3 is 25.0 Å². The normalized spacial score (nSPS) is 12.2. The summed E-state index contributed by atoms with van der Waals surface area (Å²) in [6.45, 7) is 8.95. The van der Waals surface area contributed by atoms with Crippen LogP contribution in [0.3, 0.4) is 0 Å². The molecule has 3 N–H and O–H groups in total. The van der Waals surface area contributed by atoms with Crippen molar-refractivity contribution in [1.29, 1.82) is 0 Å². The van der Waals surface area contributed by atoms with Crippen molar-refractivity contribution in [3.8, 4) is 5.75 Å². The van der Waals surface area contributed by atoms with Gasteiger partial charge in [0, 0.05) is 40.9 Å². The van der Waals surface area contributed by atoms with Crippen molar-refractivity contribution in [2.24, 2.45) is 0 Å². The van der Waals surface area contributed by atoms with Crippen molar-refractivity contribution in [2.75, 3.05) is 18.0 Å². The predicted molar refractivity (Wildman–Crippen MR) is 176 cm³/mol. The Morgan fingerprint density at radius 3 is 2.02 bits per heavy atom. The molecule has 6 rings (SSSR count). The number of anilines is 1. The van der Waals surface area contributed by atoms with Crippen LogP contribution in [0.15, 0.2) is 72.8 Å². The van der Waals surface area contributed by atoms with Crippen LogP contribution in [0.5, 0.6) is 5.75 Å². The van der Waals surface area contributed by atoms with Gasteiger partial charge in [-0.2, -0.15) is 0 Å². The zero-order valence-electron chi connectivity index (χ0n) is 25.5. The van der Waals surface area contributed by atoms with Gasteiger partial charge in [0.15, 0.2) is 0 Å². The SMILES string of the molecule is Cc1cc(Cl)c2ccc(CO)cc2n1.Cc1cc(N2CCCC2)c2ccc(COc3ccccc3C)cc2n1.O=C(O)C(=O)O. The molecule has 9 nitrogen and oxygen atoms in total. The standard InChI is InChI=1S/C22H24N2O.C11H10ClNO.C2H2O4/c1-16-7-3-4-8-22(16)25-15-18-9-10-19-20(14-18)23-17(2)13-21(19)24-11-5-6-12-24;1-7-4-10(12)9-3-2-8(6-14)5-11(9)13-7;3-1(4)2(5)6/h3-4,7-10,13-14H,5-6,11-12,15H2,1-2H3;2-5,14H,6H2,1H3;(H,3,4)(H,5,6). The third-order valence-electron chi connectivity index (χ3n) is 7.23. The van der Waals surface area contributed by atoms with Crippen LogP contribution in [0.4, 0.5) is 5.69 Å². The largest absolute Gasteiger partial charge is 0.489 e. The van der Waals surface area contributed by atoms with Crippen molar-refractivity contribution >= 4 is 51.0 Å². The molecule has 0 radical (unpaired) electrons. The number of fused-ring (bicyclic) bond motifs is 2. The number of para-hydroxylation sites is 1. The number of pyridine rings is 2. The average Bonchev–Trinajstić information content (AvgIpc) is 3.55. The number of aliphatic hydroxyl groups excluding tert-OH is 1. The van der Waals surface area contributed by atoms with Crippen LogP contribution in [0.25, 0.3) is 21.8 Å². The van der Waals surface area contributed by atoms with Crippen LogP contribution < -0.4 is 9.64 Å². The van der Waals surface area contributed by atoms with Crippen LogP contribution in [-0.2, 0) is 22.8 Å². The van der Waals surface area contributed by atoms with Gasteiger partial charge in [-0.15, -0.1) is 0 Å². The van der Waals surface area contributed by atoms with Crippen molar-refractivity contribution in [3.63, 3.8) is 0 Å². The molecule has 0 atom stereocenters. The molecule has 0 saturated carbocycles. The number of aryl methyl sites for hydroxylation is 3. The zero-order chi connectivity index (χ0) is 32.5. The highest BCUT2D eigenvalue weighted by Gasteiger charge is 2.16. The quantitative estimate of drug-likeness (QED) is 0.178. The van der Waals surface area contributed by atoms with Crippen molar-refractivity contribution in [2.45, 2.75) is 46.8 Å². The number of rotatable bonds is 5. The maximum atomic E-state index is 9.10. The molecule has 5 aromatic rings. The predicted octanol–water partition coefficient (Wildman–Crippen LogP) is 6.88. The molecule has 3 heterocycles. The van der Waals surface area contributed by atoms with E-state index in [1.807, 2.05) is 49.4 Å². The first-order valence-corrected chi connectivity index (χ1v) is 14.9. The molecule has 1 aliphatic rings. The highest BCUT2D eigenvalue weighted by Crippen LogP contribution is 2.30. The van der Waals surface area contributed by atoms with Crippen LogP contribution in [0, 0.1) is 20.8 Å². The van der Waals surface area contributed by atoms with Gasteiger partial charge in [0.2, 0.25) is 0 Å². The van der Waals surface area contributed by atoms with E-state index >= 15 is 0 Å². The summed E-state index contributed by atoms with van der Waals surface area (Å²) >= 11 is 6.06. The Balaban J connectivity index is 0.000000193. The zero-order valence-corrected chi connectivity index (χ0v) is 26.2. The van der Waals surface area contributed by atoms with E-state index in [4.69, 9.17) is 46.2 Å². The molecule has 0 spiro atoms. The van der Waals surface area contributed by atoms with Gasteiger partial charge in [0.05, 0.1) is 22.7 Å². The Morgan fingerprint density at radius 2 is 1.38 bits per heavy atom. The number of aliphatic hydroxyl groups is 1. The van der Waals surface area contributed by atoms with E-state index in [-0.39, 0.29) is 6.61 Å². The third kappa shape index (κ3) is 8.90. The molecule has 0 amide bonds. The van der Waals surface area contributed by atoms with Crippen molar-refractivity contribution in [1.82, 2.24) is 9.97 Å². The number of aromatic nitrogens is 2. The molecule has 3 aromatic carbocycles. The Morgan fingerprint density at radius 1 is 0.800 bits per heavy atom. The first kappa shape index (κ1) is 33.2. The van der Waals surface area contributed by atoms with Gasteiger partial charge in [-0.3, -0.25) is 9.97 Å². The summed E-state index contributed by atoms with van der Waals surface area (Å²) in [5.41, 5.74) is 8.35. The molecule has 234 valence electrons. The maximum Gasteiger partial charge on any atom is 0.414 e. The van der Waals surface area contributed by atoms with Gasteiger partial charge in [0.1, 0.15) is 12.4 Å². The summed E-state index contributed by atoms with van der Waals surface area (Å²) in [6.07, 6.45) is 2.57. The monoisotopic (exact) mass is 629 g/mol. The summed E-state index contributed by atoms with van der Waals surface area (Å²) < 4.78 is 5.99. The van der Waals surface area contributed by atoms with Crippen LogP contribution in [0.2, 0.25) is 5.02 Å². The summed E-state index contributed by atoms with van der Waals surface area (Å²) in [7, 11) is 0. The first-order chi connectivity index (χ1) is 21.5. The number of carboxylic acids is 2. The molecule has 2 aromatic heterocycles. The smallest absolute Gasteiger partial charge is 0.414 e. The highest BCUT2D eigenvalue weighted by atomic mass is 35.5. The average molecular weight is 630 g/mol. The van der Waals surface area contributed by atoms with E-state index < -0.39 is 11.9 Å². The number of halogens is 1. The van der Waals surface area contributed by atoms with E-state index in [2.05, 4.69) is 54.1 Å². The lowest BCUT2D eigenvalue weighted by Gasteiger charge is -2.20. The van der Waals surface area contributed by atoms with Gasteiger partial charge in [-0.05, 0) is 80.6 Å². The second kappa shape index (κ2) is 15.3. The lowest BCUT2D eigenvalue weighted by atomic mass is 10.1. The molecular weight excluding hydrogens is 594 g/mol. The summed E-state index contributed by atoms with van der Waals surface area (Å²) in [6, 6.07) is 24.3. The number of nitrogens with zero attached hydrogens (tertiary/aromatic N) is 3. The van der Waals surface area contributed by atoms with Crippen LogP contribution in [0.1, 0.15) is 40.9 Å². The van der Waals surface area contributed by atoms with Gasteiger partial charge in [-0.25, -0.2) is 9.59 Å². The molecule has 1 saturated heterocycles. The first-order valence-electron chi connectivity index (χ1n) is 14.5. The second-order valence-electron chi connectivity index (χ2n) is 10.7. The molecule has 1 fully saturated rings. The van der Waals surface area contributed by atoms with Gasteiger partial charge in [-0.1, -0.05) is 54.1 Å². The molecular formula is C35H36ClN3O6. The Hall–Kier alpha value is -4.73. The van der Waals surface area contributed by atoms with E-state index in [9.17, 15) is 0 Å². The Kier molecular flexibility index (Phi) is 11.3.